The van der Waals surface area contributed by atoms with Crippen molar-refractivity contribution in [3.63, 3.8) is 0 Å². The molecule has 1 fully saturated rings. The molecule has 0 spiro atoms. The predicted molar refractivity (Wildman–Crippen MR) is 120 cm³/mol. The number of aliphatic imine (C=N–C) groups is 1. The lowest BCUT2D eigenvalue weighted by Gasteiger charge is -2.36. The Bertz CT molecular complexity index is 947. The number of aryl methyl sites for hydroxylation is 2. The van der Waals surface area contributed by atoms with Crippen LogP contribution in [0.15, 0.2) is 35.2 Å². The summed E-state index contributed by atoms with van der Waals surface area (Å²) in [5.41, 5.74) is 3.56. The molecule has 4 rings (SSSR count). The monoisotopic (exact) mass is 395 g/mol. The molecule has 148 valence electrons. The van der Waals surface area contributed by atoms with E-state index in [2.05, 4.69) is 28.3 Å². The van der Waals surface area contributed by atoms with E-state index in [0.717, 1.165) is 53.9 Å². The van der Waals surface area contributed by atoms with Crippen LogP contribution < -0.4 is 4.90 Å². The van der Waals surface area contributed by atoms with Crippen LogP contribution in [-0.2, 0) is 12.8 Å². The SMILES string of the molecule is C=C(C)/C=C(C)\N=C(/C)N1CCN(c2ncnc3sc4c(c23)CCCC4)CC1. The summed E-state index contributed by atoms with van der Waals surface area (Å²) in [5.74, 6) is 2.22. The highest BCUT2D eigenvalue weighted by Crippen LogP contribution is 2.39. The van der Waals surface area contributed by atoms with Crippen LogP contribution in [0.4, 0.5) is 5.82 Å². The van der Waals surface area contributed by atoms with Gasteiger partial charge in [0.15, 0.2) is 0 Å². The van der Waals surface area contributed by atoms with Crippen LogP contribution >= 0.6 is 11.3 Å². The average Bonchev–Trinajstić information content (AvgIpc) is 3.06. The van der Waals surface area contributed by atoms with E-state index >= 15 is 0 Å². The van der Waals surface area contributed by atoms with Crippen molar-refractivity contribution in [2.45, 2.75) is 46.5 Å². The maximum Gasteiger partial charge on any atom is 0.141 e. The Kier molecular flexibility index (Phi) is 5.49. The molecule has 0 unspecified atom stereocenters. The first-order chi connectivity index (χ1) is 13.5. The number of allylic oxidation sites excluding steroid dienone is 3. The van der Waals surface area contributed by atoms with Gasteiger partial charge in [0.1, 0.15) is 22.8 Å². The van der Waals surface area contributed by atoms with E-state index in [0.29, 0.717) is 0 Å². The van der Waals surface area contributed by atoms with Gasteiger partial charge in [-0.2, -0.15) is 0 Å². The summed E-state index contributed by atoms with van der Waals surface area (Å²) in [6, 6.07) is 0. The van der Waals surface area contributed by atoms with Gasteiger partial charge in [-0.1, -0.05) is 12.2 Å². The Hall–Kier alpha value is -2.21. The number of hydrogen-bond donors (Lipinski definition) is 0. The third kappa shape index (κ3) is 3.83. The van der Waals surface area contributed by atoms with Crippen LogP contribution in [0.25, 0.3) is 10.2 Å². The van der Waals surface area contributed by atoms with Crippen LogP contribution in [-0.4, -0.2) is 46.9 Å². The largest absolute Gasteiger partial charge is 0.357 e. The zero-order chi connectivity index (χ0) is 19.7. The molecule has 6 heteroatoms. The lowest BCUT2D eigenvalue weighted by molar-refractivity contribution is 0.382. The Morgan fingerprint density at radius 1 is 1.11 bits per heavy atom. The zero-order valence-corrected chi connectivity index (χ0v) is 18.0. The van der Waals surface area contributed by atoms with E-state index in [4.69, 9.17) is 9.98 Å². The topological polar surface area (TPSA) is 44.6 Å². The van der Waals surface area contributed by atoms with Crippen molar-refractivity contribution in [1.29, 1.82) is 0 Å². The number of rotatable bonds is 3. The fraction of sp³-hybridized carbons (Fsp3) is 0.500. The van der Waals surface area contributed by atoms with E-state index in [1.54, 1.807) is 6.33 Å². The molecule has 0 amide bonds. The van der Waals surface area contributed by atoms with Crippen molar-refractivity contribution in [3.05, 3.63) is 40.7 Å². The summed E-state index contributed by atoms with van der Waals surface area (Å²) in [6.45, 7) is 13.9. The summed E-state index contributed by atoms with van der Waals surface area (Å²) in [4.78, 5) is 21.5. The van der Waals surface area contributed by atoms with Crippen molar-refractivity contribution in [2.24, 2.45) is 4.99 Å². The second kappa shape index (κ2) is 8.03. The minimum atomic E-state index is 0.965. The van der Waals surface area contributed by atoms with Gasteiger partial charge in [-0.15, -0.1) is 11.3 Å². The van der Waals surface area contributed by atoms with Gasteiger partial charge in [0.2, 0.25) is 0 Å². The Morgan fingerprint density at radius 3 is 2.61 bits per heavy atom. The number of piperazine rings is 1. The van der Waals surface area contributed by atoms with Gasteiger partial charge >= 0.3 is 0 Å². The van der Waals surface area contributed by atoms with Gasteiger partial charge in [-0.05, 0) is 58.1 Å². The lowest BCUT2D eigenvalue weighted by atomic mass is 9.97. The minimum Gasteiger partial charge on any atom is -0.357 e. The number of thiophene rings is 1. The molecule has 2 aliphatic rings. The van der Waals surface area contributed by atoms with E-state index in [1.165, 1.54) is 41.5 Å². The van der Waals surface area contributed by atoms with Crippen molar-refractivity contribution in [1.82, 2.24) is 14.9 Å². The molecule has 2 aromatic heterocycles. The minimum absolute atomic E-state index is 0.965. The second-order valence-electron chi connectivity index (χ2n) is 7.85. The summed E-state index contributed by atoms with van der Waals surface area (Å²) in [7, 11) is 0. The van der Waals surface area contributed by atoms with Crippen LogP contribution in [0.1, 0.15) is 44.1 Å². The molecule has 3 heterocycles. The molecule has 5 nitrogen and oxygen atoms in total. The predicted octanol–water partition coefficient (Wildman–Crippen LogP) is 4.59. The molecule has 1 saturated heterocycles. The molecule has 1 aliphatic carbocycles. The number of fused-ring (bicyclic) bond motifs is 3. The first-order valence-electron chi connectivity index (χ1n) is 10.2. The lowest BCUT2D eigenvalue weighted by Crippen LogP contribution is -2.48. The van der Waals surface area contributed by atoms with E-state index in [-0.39, 0.29) is 0 Å². The van der Waals surface area contributed by atoms with Crippen LogP contribution in [0, 0.1) is 0 Å². The number of amidine groups is 1. The maximum absolute atomic E-state index is 4.74. The van der Waals surface area contributed by atoms with Crippen LogP contribution in [0.2, 0.25) is 0 Å². The van der Waals surface area contributed by atoms with Gasteiger partial charge < -0.3 is 9.80 Å². The molecule has 28 heavy (non-hydrogen) atoms. The van der Waals surface area contributed by atoms with Gasteiger partial charge in [-0.3, -0.25) is 0 Å². The first-order valence-corrected chi connectivity index (χ1v) is 11.0. The third-order valence-electron chi connectivity index (χ3n) is 5.56. The molecular formula is C22H29N5S. The van der Waals surface area contributed by atoms with Crippen LogP contribution in [0.3, 0.4) is 0 Å². The quantitative estimate of drug-likeness (QED) is 0.433. The Labute approximate surface area is 171 Å². The molecule has 2 aromatic rings. The van der Waals surface area contributed by atoms with Crippen LogP contribution in [0.5, 0.6) is 0 Å². The fourth-order valence-electron chi connectivity index (χ4n) is 4.27. The molecule has 0 atom stereocenters. The molecule has 0 radical (unpaired) electrons. The number of anilines is 1. The second-order valence-corrected chi connectivity index (χ2v) is 8.94. The van der Waals surface area contributed by atoms with E-state index in [1.807, 2.05) is 31.3 Å². The highest BCUT2D eigenvalue weighted by atomic mass is 32.1. The molecule has 1 aliphatic heterocycles. The summed E-state index contributed by atoms with van der Waals surface area (Å²) in [6.07, 6.45) is 8.74. The number of aromatic nitrogens is 2. The summed E-state index contributed by atoms with van der Waals surface area (Å²) in [5, 5.41) is 1.32. The normalized spacial score (nSPS) is 18.5. The molecule has 0 saturated carbocycles. The fourth-order valence-corrected chi connectivity index (χ4v) is 5.49. The standard InChI is InChI=1S/C22H29N5S/c1-15(2)13-16(3)25-17(4)26-9-11-27(12-10-26)21-20-18-7-5-6-8-19(18)28-22(20)24-14-23-21/h13-14H,1,5-12H2,2-4H3/b16-13-,25-17+. The zero-order valence-electron chi connectivity index (χ0n) is 17.2. The van der Waals surface area contributed by atoms with Crippen molar-refractivity contribution < 1.29 is 0 Å². The van der Waals surface area contributed by atoms with Crippen molar-refractivity contribution >= 4 is 33.2 Å². The van der Waals surface area contributed by atoms with Gasteiger partial charge in [-0.25, -0.2) is 15.0 Å². The van der Waals surface area contributed by atoms with E-state index < -0.39 is 0 Å². The Morgan fingerprint density at radius 2 is 1.86 bits per heavy atom. The van der Waals surface area contributed by atoms with Crippen molar-refractivity contribution in [2.75, 3.05) is 31.1 Å². The first kappa shape index (κ1) is 19.1. The summed E-state index contributed by atoms with van der Waals surface area (Å²) < 4.78 is 0. The maximum atomic E-state index is 4.74. The highest BCUT2D eigenvalue weighted by molar-refractivity contribution is 7.19. The van der Waals surface area contributed by atoms with Gasteiger partial charge in [0.25, 0.3) is 0 Å². The average molecular weight is 396 g/mol. The number of nitrogens with zero attached hydrogens (tertiary/aromatic N) is 5. The Balaban J connectivity index is 1.52. The third-order valence-corrected chi connectivity index (χ3v) is 6.76. The smallest absolute Gasteiger partial charge is 0.141 e. The summed E-state index contributed by atoms with van der Waals surface area (Å²) >= 11 is 1.87. The van der Waals surface area contributed by atoms with E-state index in [9.17, 15) is 0 Å². The molecule has 0 N–H and O–H groups in total. The molecule has 0 aromatic carbocycles. The van der Waals surface area contributed by atoms with Crippen molar-refractivity contribution in [3.8, 4) is 0 Å². The number of hydrogen-bond acceptors (Lipinski definition) is 5. The van der Waals surface area contributed by atoms with Gasteiger partial charge in [0, 0.05) is 36.8 Å². The van der Waals surface area contributed by atoms with Gasteiger partial charge in [0.05, 0.1) is 5.39 Å². The molecular weight excluding hydrogens is 366 g/mol. The highest BCUT2D eigenvalue weighted by Gasteiger charge is 2.25. The molecule has 0 bridgehead atoms.